The Morgan fingerprint density at radius 2 is 1.95 bits per heavy atom. The Balaban J connectivity index is 1.94. The molecule has 0 aliphatic carbocycles. The maximum atomic E-state index is 5.81. The fourth-order valence-electron chi connectivity index (χ4n) is 1.76. The number of nitrogen functional groups attached to an aromatic ring is 1. The van der Waals surface area contributed by atoms with Crippen LogP contribution in [0.4, 0.5) is 5.82 Å². The molecule has 0 radical (unpaired) electrons. The first-order valence-electron chi connectivity index (χ1n) is 6.29. The Morgan fingerprint density at radius 1 is 1.15 bits per heavy atom. The molecule has 0 spiro atoms. The molecule has 6 heteroatoms. The average Bonchev–Trinajstić information content (AvgIpc) is 2.79. The maximum absolute atomic E-state index is 5.81. The van der Waals surface area contributed by atoms with E-state index in [1.807, 2.05) is 38.1 Å². The Hall–Kier alpha value is -2.08. The lowest BCUT2D eigenvalue weighted by Crippen LogP contribution is -2.02. The first-order valence-corrected chi connectivity index (χ1v) is 7.11. The second-order valence-electron chi connectivity index (χ2n) is 4.69. The molecule has 0 aliphatic rings. The van der Waals surface area contributed by atoms with E-state index in [1.165, 1.54) is 11.8 Å². The van der Waals surface area contributed by atoms with Crippen LogP contribution in [0, 0.1) is 0 Å². The number of aromatic nitrogens is 3. The third-order valence-corrected chi connectivity index (χ3v) is 3.49. The van der Waals surface area contributed by atoms with Crippen molar-refractivity contribution in [2.75, 3.05) is 5.73 Å². The molecule has 2 aromatic heterocycles. The molecule has 0 unspecified atom stereocenters. The van der Waals surface area contributed by atoms with E-state index >= 15 is 0 Å². The highest BCUT2D eigenvalue weighted by Gasteiger charge is 2.11. The van der Waals surface area contributed by atoms with Crippen LogP contribution in [0.3, 0.4) is 0 Å². The van der Waals surface area contributed by atoms with Crippen molar-refractivity contribution in [2.45, 2.75) is 30.0 Å². The molecule has 0 saturated heterocycles. The molecule has 0 aliphatic heterocycles. The molecule has 0 amide bonds. The van der Waals surface area contributed by atoms with Gasteiger partial charge in [0.15, 0.2) is 5.58 Å². The van der Waals surface area contributed by atoms with Crippen molar-refractivity contribution < 1.29 is 4.42 Å². The predicted octanol–water partition coefficient (Wildman–Crippen LogP) is 3.47. The zero-order valence-corrected chi connectivity index (χ0v) is 12.0. The minimum Gasteiger partial charge on any atom is -0.431 e. The summed E-state index contributed by atoms with van der Waals surface area (Å²) in [6, 6.07) is 9.38. The molecule has 20 heavy (non-hydrogen) atoms. The van der Waals surface area contributed by atoms with Crippen LogP contribution < -0.4 is 5.73 Å². The minimum absolute atomic E-state index is 0.224. The van der Waals surface area contributed by atoms with Crippen LogP contribution >= 0.6 is 11.8 Å². The Bertz CT molecular complexity index is 721. The molecule has 0 saturated carbocycles. The predicted molar refractivity (Wildman–Crippen MR) is 78.7 cm³/mol. The van der Waals surface area contributed by atoms with Crippen molar-refractivity contribution >= 4 is 28.7 Å². The van der Waals surface area contributed by atoms with Crippen molar-refractivity contribution in [3.63, 3.8) is 0 Å². The highest BCUT2D eigenvalue weighted by molar-refractivity contribution is 7.99. The zero-order chi connectivity index (χ0) is 14.1. The van der Waals surface area contributed by atoms with Gasteiger partial charge in [0.1, 0.15) is 22.2 Å². The van der Waals surface area contributed by atoms with E-state index < -0.39 is 0 Å². The van der Waals surface area contributed by atoms with Crippen LogP contribution in [0.5, 0.6) is 0 Å². The summed E-state index contributed by atoms with van der Waals surface area (Å²) in [6.07, 6.45) is 0. The lowest BCUT2D eigenvalue weighted by Gasteiger charge is -2.06. The maximum Gasteiger partial charge on any atom is 0.263 e. The summed E-state index contributed by atoms with van der Waals surface area (Å²) in [5.74, 6) is 1.41. The molecular weight excluding hydrogens is 272 g/mol. The highest BCUT2D eigenvalue weighted by atomic mass is 32.2. The van der Waals surface area contributed by atoms with Gasteiger partial charge >= 0.3 is 0 Å². The van der Waals surface area contributed by atoms with Crippen molar-refractivity contribution in [1.82, 2.24) is 15.0 Å². The fraction of sp³-hybridized carbons (Fsp3) is 0.214. The Morgan fingerprint density at radius 3 is 2.70 bits per heavy atom. The summed E-state index contributed by atoms with van der Waals surface area (Å²) in [7, 11) is 0. The molecular formula is C14H14N4OS. The summed E-state index contributed by atoms with van der Waals surface area (Å²) in [4.78, 5) is 13.1. The lowest BCUT2D eigenvalue weighted by molar-refractivity contribution is 0.489. The van der Waals surface area contributed by atoms with Gasteiger partial charge in [-0.2, -0.15) is 0 Å². The van der Waals surface area contributed by atoms with Crippen LogP contribution in [-0.2, 0) is 0 Å². The van der Waals surface area contributed by atoms with E-state index in [4.69, 9.17) is 10.2 Å². The van der Waals surface area contributed by atoms with Gasteiger partial charge in [-0.05, 0) is 23.9 Å². The topological polar surface area (TPSA) is 77.8 Å². The van der Waals surface area contributed by atoms with Gasteiger partial charge in [0.2, 0.25) is 0 Å². The van der Waals surface area contributed by atoms with Crippen LogP contribution in [0.25, 0.3) is 11.1 Å². The molecule has 3 rings (SSSR count). The molecule has 2 N–H and O–H groups in total. The fourth-order valence-corrected chi connectivity index (χ4v) is 2.53. The average molecular weight is 286 g/mol. The number of fused-ring (bicyclic) bond motifs is 1. The highest BCUT2D eigenvalue weighted by Crippen LogP contribution is 2.29. The van der Waals surface area contributed by atoms with Crippen molar-refractivity contribution in [3.05, 3.63) is 36.2 Å². The van der Waals surface area contributed by atoms with Gasteiger partial charge in [0.05, 0.1) is 0 Å². The first-order chi connectivity index (χ1) is 9.61. The number of oxazole rings is 1. The van der Waals surface area contributed by atoms with Gasteiger partial charge < -0.3 is 10.2 Å². The summed E-state index contributed by atoms with van der Waals surface area (Å²) < 4.78 is 5.66. The molecule has 2 heterocycles. The zero-order valence-electron chi connectivity index (χ0n) is 11.2. The number of hydrogen-bond donors (Lipinski definition) is 1. The molecule has 3 aromatic rings. The van der Waals surface area contributed by atoms with E-state index in [1.54, 1.807) is 6.07 Å². The van der Waals surface area contributed by atoms with Gasteiger partial charge in [-0.1, -0.05) is 26.0 Å². The molecule has 0 bridgehead atoms. The van der Waals surface area contributed by atoms with E-state index in [0.717, 1.165) is 22.0 Å². The van der Waals surface area contributed by atoms with Crippen molar-refractivity contribution in [3.8, 4) is 0 Å². The van der Waals surface area contributed by atoms with Crippen LogP contribution in [0.1, 0.15) is 25.6 Å². The second-order valence-corrected chi connectivity index (χ2v) is 5.67. The van der Waals surface area contributed by atoms with Crippen molar-refractivity contribution in [2.24, 2.45) is 0 Å². The monoisotopic (exact) mass is 286 g/mol. The second kappa shape index (κ2) is 5.13. The standard InChI is InChI=1S/C14H14N4OS/c1-8(2)13-17-11(15)7-12(18-13)20-14-16-9-5-3-4-6-10(9)19-14/h3-8H,1-2H3,(H2,15,17,18). The quantitative estimate of drug-likeness (QED) is 0.743. The van der Waals surface area contributed by atoms with Gasteiger partial charge in [0, 0.05) is 12.0 Å². The van der Waals surface area contributed by atoms with Crippen LogP contribution in [-0.4, -0.2) is 15.0 Å². The van der Waals surface area contributed by atoms with E-state index in [2.05, 4.69) is 15.0 Å². The van der Waals surface area contributed by atoms with Gasteiger partial charge in [-0.25, -0.2) is 15.0 Å². The van der Waals surface area contributed by atoms with Crippen LogP contribution in [0.2, 0.25) is 0 Å². The molecule has 1 aromatic carbocycles. The lowest BCUT2D eigenvalue weighted by atomic mass is 10.2. The number of para-hydroxylation sites is 2. The number of hydrogen-bond acceptors (Lipinski definition) is 6. The van der Waals surface area contributed by atoms with E-state index in [-0.39, 0.29) is 5.92 Å². The summed E-state index contributed by atoms with van der Waals surface area (Å²) in [5.41, 5.74) is 7.41. The van der Waals surface area contributed by atoms with Crippen molar-refractivity contribution in [1.29, 1.82) is 0 Å². The first kappa shape index (κ1) is 12.9. The number of nitrogens with zero attached hydrogens (tertiary/aromatic N) is 3. The summed E-state index contributed by atoms with van der Waals surface area (Å²) in [5, 5.41) is 1.30. The Kier molecular flexibility index (Phi) is 3.31. The minimum atomic E-state index is 0.224. The van der Waals surface area contributed by atoms with E-state index in [0.29, 0.717) is 11.0 Å². The van der Waals surface area contributed by atoms with Crippen LogP contribution in [0.15, 0.2) is 45.0 Å². The number of benzene rings is 1. The van der Waals surface area contributed by atoms with Gasteiger partial charge in [0.25, 0.3) is 5.22 Å². The number of rotatable bonds is 3. The van der Waals surface area contributed by atoms with E-state index in [9.17, 15) is 0 Å². The molecule has 0 fully saturated rings. The van der Waals surface area contributed by atoms with Gasteiger partial charge in [-0.3, -0.25) is 0 Å². The molecule has 102 valence electrons. The number of nitrogens with two attached hydrogens (primary N) is 1. The largest absolute Gasteiger partial charge is 0.431 e. The molecule has 5 nitrogen and oxygen atoms in total. The van der Waals surface area contributed by atoms with Gasteiger partial charge in [-0.15, -0.1) is 0 Å². The smallest absolute Gasteiger partial charge is 0.263 e. The third kappa shape index (κ3) is 2.60. The SMILES string of the molecule is CC(C)c1nc(N)cc(Sc2nc3ccccc3o2)n1. The summed E-state index contributed by atoms with van der Waals surface area (Å²) >= 11 is 1.35. The number of anilines is 1. The molecule has 0 atom stereocenters. The third-order valence-electron chi connectivity index (χ3n) is 2.72. The normalized spacial score (nSPS) is 11.3. The summed E-state index contributed by atoms with van der Waals surface area (Å²) in [6.45, 7) is 4.06. The Labute approximate surface area is 120 Å².